The van der Waals surface area contributed by atoms with Gasteiger partial charge in [-0.1, -0.05) is 13.8 Å². The lowest BCUT2D eigenvalue weighted by Gasteiger charge is -2.04. The summed E-state index contributed by atoms with van der Waals surface area (Å²) in [4.78, 5) is 10.7. The molecule has 1 rings (SSSR count). The first kappa shape index (κ1) is 14.9. The number of hydrogen-bond donors (Lipinski definition) is 2. The molecule has 0 bridgehead atoms. The molecule has 4 heteroatoms. The molecule has 0 spiro atoms. The van der Waals surface area contributed by atoms with Gasteiger partial charge in [-0.25, -0.2) is 0 Å². The Labute approximate surface area is 80.3 Å². The molecule has 13 heavy (non-hydrogen) atoms. The van der Waals surface area contributed by atoms with Gasteiger partial charge < -0.3 is 15.2 Å². The summed E-state index contributed by atoms with van der Waals surface area (Å²) < 4.78 is 4.53. The van der Waals surface area contributed by atoms with Gasteiger partial charge in [0.1, 0.15) is 6.04 Å². The Kier molecular flexibility index (Phi) is 13.0. The molecule has 2 N–H and O–H groups in total. The highest BCUT2D eigenvalue weighted by Crippen LogP contribution is 2.05. The van der Waals surface area contributed by atoms with Gasteiger partial charge in [-0.3, -0.25) is 4.79 Å². The van der Waals surface area contributed by atoms with Crippen LogP contribution in [0, 0.1) is 0 Å². The largest absolute Gasteiger partial charge is 0.468 e. The number of esters is 1. The van der Waals surface area contributed by atoms with Crippen LogP contribution in [0.1, 0.15) is 26.7 Å². The lowest BCUT2D eigenvalue weighted by molar-refractivity contribution is -0.142. The van der Waals surface area contributed by atoms with Crippen LogP contribution < -0.4 is 5.32 Å². The average molecular weight is 191 g/mol. The van der Waals surface area contributed by atoms with Crippen LogP contribution in [0.5, 0.6) is 0 Å². The highest BCUT2D eigenvalue weighted by atomic mass is 16.5. The second-order valence-electron chi connectivity index (χ2n) is 2.17. The van der Waals surface area contributed by atoms with E-state index in [0.29, 0.717) is 0 Å². The Hall–Kier alpha value is -0.610. The minimum atomic E-state index is -0.132. The van der Waals surface area contributed by atoms with Gasteiger partial charge in [0.05, 0.1) is 7.11 Å². The quantitative estimate of drug-likeness (QED) is 0.594. The fraction of sp³-hybridized carbons (Fsp3) is 0.889. The van der Waals surface area contributed by atoms with Crippen LogP contribution >= 0.6 is 0 Å². The lowest BCUT2D eigenvalue weighted by Crippen LogP contribution is -2.31. The fourth-order valence-corrected chi connectivity index (χ4v) is 1.03. The van der Waals surface area contributed by atoms with Crippen molar-refractivity contribution in [3.8, 4) is 0 Å². The molecule has 4 nitrogen and oxygen atoms in total. The number of methoxy groups -OCH3 is 1. The average Bonchev–Trinajstić information content (AvgIpc) is 2.76. The molecule has 0 aromatic carbocycles. The minimum Gasteiger partial charge on any atom is -0.468 e. The Morgan fingerprint density at radius 1 is 1.46 bits per heavy atom. The SMILES string of the molecule is CC.CO.COC(=O)C1CCCN1. The number of carbonyl (C=O) groups is 1. The summed E-state index contributed by atoms with van der Waals surface area (Å²) in [6.07, 6.45) is 2.01. The Bertz CT molecular complexity index is 111. The van der Waals surface area contributed by atoms with Crippen molar-refractivity contribution in [1.29, 1.82) is 0 Å². The fourth-order valence-electron chi connectivity index (χ4n) is 1.03. The summed E-state index contributed by atoms with van der Waals surface area (Å²) in [6, 6.07) is -0.0324. The molecule has 1 unspecified atom stereocenters. The van der Waals surface area contributed by atoms with Crippen LogP contribution in [0.15, 0.2) is 0 Å². The van der Waals surface area contributed by atoms with Crippen LogP contribution in [0.3, 0.4) is 0 Å². The highest BCUT2D eigenvalue weighted by molar-refractivity contribution is 5.75. The number of hydrogen-bond acceptors (Lipinski definition) is 4. The molecular formula is C9H21NO3. The zero-order chi connectivity index (χ0) is 10.7. The first-order valence-electron chi connectivity index (χ1n) is 4.60. The molecule has 0 amide bonds. The number of rotatable bonds is 1. The van der Waals surface area contributed by atoms with Gasteiger partial charge >= 0.3 is 5.97 Å². The van der Waals surface area contributed by atoms with Crippen LogP contribution in [0.4, 0.5) is 0 Å². The molecule has 1 fully saturated rings. The second-order valence-corrected chi connectivity index (χ2v) is 2.17. The van der Waals surface area contributed by atoms with Gasteiger partial charge in [0.25, 0.3) is 0 Å². The van der Waals surface area contributed by atoms with Crippen molar-refractivity contribution in [2.24, 2.45) is 0 Å². The summed E-state index contributed by atoms with van der Waals surface area (Å²) in [5.41, 5.74) is 0. The highest BCUT2D eigenvalue weighted by Gasteiger charge is 2.21. The molecule has 1 aliphatic rings. The third-order valence-corrected chi connectivity index (χ3v) is 1.55. The van der Waals surface area contributed by atoms with Gasteiger partial charge in [-0.05, 0) is 19.4 Å². The monoisotopic (exact) mass is 191 g/mol. The summed E-state index contributed by atoms with van der Waals surface area (Å²) in [6.45, 7) is 4.94. The van der Waals surface area contributed by atoms with E-state index < -0.39 is 0 Å². The Balaban J connectivity index is 0. The van der Waals surface area contributed by atoms with E-state index in [9.17, 15) is 4.79 Å². The van der Waals surface area contributed by atoms with Crippen LogP contribution in [-0.4, -0.2) is 37.9 Å². The smallest absolute Gasteiger partial charge is 0.322 e. The van der Waals surface area contributed by atoms with Gasteiger partial charge in [0.2, 0.25) is 0 Å². The molecule has 1 heterocycles. The van der Waals surface area contributed by atoms with Gasteiger partial charge in [-0.15, -0.1) is 0 Å². The molecule has 80 valence electrons. The van der Waals surface area contributed by atoms with E-state index in [-0.39, 0.29) is 12.0 Å². The van der Waals surface area contributed by atoms with E-state index in [0.717, 1.165) is 26.5 Å². The molecule has 1 aliphatic heterocycles. The summed E-state index contributed by atoms with van der Waals surface area (Å²) in [5.74, 6) is -0.132. The van der Waals surface area contributed by atoms with Crippen molar-refractivity contribution in [2.75, 3.05) is 20.8 Å². The zero-order valence-electron chi connectivity index (χ0n) is 8.96. The molecule has 0 aromatic rings. The minimum absolute atomic E-state index is 0.0324. The van der Waals surface area contributed by atoms with E-state index in [1.165, 1.54) is 7.11 Å². The Morgan fingerprint density at radius 3 is 2.31 bits per heavy atom. The van der Waals surface area contributed by atoms with Crippen molar-refractivity contribution in [3.63, 3.8) is 0 Å². The lowest BCUT2D eigenvalue weighted by atomic mass is 10.2. The predicted molar refractivity (Wildman–Crippen MR) is 52.5 cm³/mol. The van der Waals surface area contributed by atoms with Crippen molar-refractivity contribution in [3.05, 3.63) is 0 Å². The van der Waals surface area contributed by atoms with E-state index in [1.807, 2.05) is 13.8 Å². The van der Waals surface area contributed by atoms with Crippen LogP contribution in [-0.2, 0) is 9.53 Å². The summed E-state index contributed by atoms with van der Waals surface area (Å²) in [7, 11) is 2.42. The van der Waals surface area contributed by atoms with Crippen molar-refractivity contribution in [2.45, 2.75) is 32.7 Å². The van der Waals surface area contributed by atoms with Crippen molar-refractivity contribution >= 4 is 5.97 Å². The maximum atomic E-state index is 10.7. The molecule has 0 saturated carbocycles. The summed E-state index contributed by atoms with van der Waals surface area (Å²) in [5, 5.41) is 10.0. The molecule has 0 radical (unpaired) electrons. The topological polar surface area (TPSA) is 58.6 Å². The number of nitrogens with one attached hydrogen (secondary N) is 1. The molecular weight excluding hydrogens is 170 g/mol. The van der Waals surface area contributed by atoms with E-state index in [1.54, 1.807) is 0 Å². The van der Waals surface area contributed by atoms with Crippen molar-refractivity contribution in [1.82, 2.24) is 5.32 Å². The maximum Gasteiger partial charge on any atom is 0.322 e. The standard InChI is InChI=1S/C6H11NO2.C2H6.CH4O/c1-9-6(8)5-3-2-4-7-5;2*1-2/h5,7H,2-4H2,1H3;1-2H3;2H,1H3. The zero-order valence-corrected chi connectivity index (χ0v) is 8.96. The van der Waals surface area contributed by atoms with E-state index in [2.05, 4.69) is 10.1 Å². The van der Waals surface area contributed by atoms with Gasteiger partial charge in [0, 0.05) is 7.11 Å². The third kappa shape index (κ3) is 6.54. The first-order valence-corrected chi connectivity index (χ1v) is 4.60. The van der Waals surface area contributed by atoms with Gasteiger partial charge in [0.15, 0.2) is 0 Å². The number of aliphatic hydroxyl groups excluding tert-OH is 1. The Morgan fingerprint density at radius 2 is 2.00 bits per heavy atom. The van der Waals surface area contributed by atoms with E-state index >= 15 is 0 Å². The second kappa shape index (κ2) is 11.4. The molecule has 0 aromatic heterocycles. The molecule has 0 aliphatic carbocycles. The number of aliphatic hydroxyl groups is 1. The first-order chi connectivity index (χ1) is 6.34. The third-order valence-electron chi connectivity index (χ3n) is 1.55. The van der Waals surface area contributed by atoms with E-state index in [4.69, 9.17) is 5.11 Å². The van der Waals surface area contributed by atoms with Gasteiger partial charge in [-0.2, -0.15) is 0 Å². The van der Waals surface area contributed by atoms with Crippen LogP contribution in [0.25, 0.3) is 0 Å². The van der Waals surface area contributed by atoms with Crippen molar-refractivity contribution < 1.29 is 14.6 Å². The predicted octanol–water partition coefficient (Wildman–Crippen LogP) is 0.546. The molecule has 1 saturated heterocycles. The van der Waals surface area contributed by atoms with Crippen LogP contribution in [0.2, 0.25) is 0 Å². The number of carbonyl (C=O) groups excluding carboxylic acids is 1. The number of ether oxygens (including phenoxy) is 1. The summed E-state index contributed by atoms with van der Waals surface area (Å²) >= 11 is 0. The maximum absolute atomic E-state index is 10.7. The molecule has 1 atom stereocenters. The normalized spacial score (nSPS) is 19.0.